The molecular formula is C5H9N3O. The first-order chi connectivity index (χ1) is 4.34. The zero-order chi connectivity index (χ0) is 6.69. The first-order valence-corrected chi connectivity index (χ1v) is 2.97. The standard InChI is InChI=1S/C5H9N3O/c1-4-3-9-5(4)2-7-8-6/h4-5H,2-3H2,1H3. The number of azide groups is 1. The van der Waals surface area contributed by atoms with Gasteiger partial charge in [0.05, 0.1) is 19.3 Å². The molecule has 0 radical (unpaired) electrons. The molecule has 0 aromatic carbocycles. The van der Waals surface area contributed by atoms with Crippen LogP contribution in [0.2, 0.25) is 0 Å². The van der Waals surface area contributed by atoms with Gasteiger partial charge < -0.3 is 4.74 Å². The molecule has 4 heteroatoms. The lowest BCUT2D eigenvalue weighted by molar-refractivity contribution is -0.0989. The molecule has 0 N–H and O–H groups in total. The van der Waals surface area contributed by atoms with Crippen molar-refractivity contribution in [3.05, 3.63) is 10.4 Å². The summed E-state index contributed by atoms with van der Waals surface area (Å²) >= 11 is 0. The van der Waals surface area contributed by atoms with Crippen LogP contribution in [0.3, 0.4) is 0 Å². The van der Waals surface area contributed by atoms with E-state index in [-0.39, 0.29) is 6.10 Å². The van der Waals surface area contributed by atoms with Crippen molar-refractivity contribution < 1.29 is 4.74 Å². The summed E-state index contributed by atoms with van der Waals surface area (Å²) in [4.78, 5) is 2.64. The van der Waals surface area contributed by atoms with Gasteiger partial charge >= 0.3 is 0 Å². The Bertz CT molecular complexity index is 141. The lowest BCUT2D eigenvalue weighted by Gasteiger charge is -2.32. The predicted octanol–water partition coefficient (Wildman–Crippen LogP) is 1.33. The van der Waals surface area contributed by atoms with Crippen LogP contribution in [0.25, 0.3) is 10.4 Å². The molecule has 0 spiro atoms. The third-order valence-electron chi connectivity index (χ3n) is 1.53. The van der Waals surface area contributed by atoms with Gasteiger partial charge in [-0.1, -0.05) is 12.0 Å². The Morgan fingerprint density at radius 1 is 1.89 bits per heavy atom. The van der Waals surface area contributed by atoms with Crippen molar-refractivity contribution in [1.29, 1.82) is 0 Å². The van der Waals surface area contributed by atoms with Gasteiger partial charge in [0.1, 0.15) is 0 Å². The summed E-state index contributed by atoms with van der Waals surface area (Å²) in [7, 11) is 0. The van der Waals surface area contributed by atoms with E-state index >= 15 is 0 Å². The van der Waals surface area contributed by atoms with Crippen molar-refractivity contribution in [3.63, 3.8) is 0 Å². The molecule has 0 amide bonds. The summed E-state index contributed by atoms with van der Waals surface area (Å²) < 4.78 is 5.08. The number of ether oxygens (including phenoxy) is 1. The van der Waals surface area contributed by atoms with Crippen LogP contribution in [0.15, 0.2) is 5.11 Å². The molecule has 0 saturated carbocycles. The van der Waals surface area contributed by atoms with Gasteiger partial charge in [-0.3, -0.25) is 0 Å². The van der Waals surface area contributed by atoms with Crippen LogP contribution in [-0.2, 0) is 4.74 Å². The quantitative estimate of drug-likeness (QED) is 0.313. The van der Waals surface area contributed by atoms with E-state index in [4.69, 9.17) is 10.3 Å². The molecule has 2 atom stereocenters. The summed E-state index contributed by atoms with van der Waals surface area (Å²) in [5, 5.41) is 3.40. The van der Waals surface area contributed by atoms with Crippen LogP contribution in [0.1, 0.15) is 6.92 Å². The minimum Gasteiger partial charge on any atom is -0.377 e. The van der Waals surface area contributed by atoms with Crippen LogP contribution in [-0.4, -0.2) is 19.3 Å². The third kappa shape index (κ3) is 1.34. The lowest BCUT2D eigenvalue weighted by Crippen LogP contribution is -2.39. The Hall–Kier alpha value is -0.730. The van der Waals surface area contributed by atoms with Gasteiger partial charge in [-0.25, -0.2) is 0 Å². The number of hydrogen-bond donors (Lipinski definition) is 0. The van der Waals surface area contributed by atoms with E-state index in [0.29, 0.717) is 12.5 Å². The van der Waals surface area contributed by atoms with Crippen LogP contribution in [0.4, 0.5) is 0 Å². The fourth-order valence-electron chi connectivity index (χ4n) is 0.774. The molecule has 50 valence electrons. The molecule has 9 heavy (non-hydrogen) atoms. The van der Waals surface area contributed by atoms with Gasteiger partial charge in [0, 0.05) is 10.8 Å². The van der Waals surface area contributed by atoms with Crippen LogP contribution < -0.4 is 0 Å². The van der Waals surface area contributed by atoms with Crippen molar-refractivity contribution in [3.8, 4) is 0 Å². The Labute approximate surface area is 53.4 Å². The van der Waals surface area contributed by atoms with Crippen LogP contribution in [0, 0.1) is 5.92 Å². The van der Waals surface area contributed by atoms with Crippen molar-refractivity contribution in [2.24, 2.45) is 11.0 Å². The first kappa shape index (κ1) is 6.39. The monoisotopic (exact) mass is 127 g/mol. The maximum Gasteiger partial charge on any atom is 0.0679 e. The van der Waals surface area contributed by atoms with Crippen molar-refractivity contribution in [2.75, 3.05) is 13.2 Å². The highest BCUT2D eigenvalue weighted by Crippen LogP contribution is 2.19. The van der Waals surface area contributed by atoms with Gasteiger partial charge in [0.2, 0.25) is 0 Å². The van der Waals surface area contributed by atoms with E-state index in [2.05, 4.69) is 16.9 Å². The minimum absolute atomic E-state index is 0.181. The first-order valence-electron chi connectivity index (χ1n) is 2.97. The molecular weight excluding hydrogens is 118 g/mol. The van der Waals surface area contributed by atoms with E-state index in [1.54, 1.807) is 0 Å². The molecule has 1 fully saturated rings. The van der Waals surface area contributed by atoms with Crippen LogP contribution in [0.5, 0.6) is 0 Å². The van der Waals surface area contributed by atoms with Gasteiger partial charge in [-0.2, -0.15) is 0 Å². The predicted molar refractivity (Wildman–Crippen MR) is 32.9 cm³/mol. The highest BCUT2D eigenvalue weighted by atomic mass is 16.5. The number of nitrogens with zero attached hydrogens (tertiary/aromatic N) is 3. The Morgan fingerprint density at radius 3 is 3.00 bits per heavy atom. The summed E-state index contributed by atoms with van der Waals surface area (Å²) in [5.74, 6) is 0.565. The average Bonchev–Trinajstić information content (AvgIpc) is 1.86. The van der Waals surface area contributed by atoms with Gasteiger partial charge in [-0.15, -0.1) is 0 Å². The van der Waals surface area contributed by atoms with E-state index in [1.807, 2.05) is 0 Å². The lowest BCUT2D eigenvalue weighted by atomic mass is 10.0. The third-order valence-corrected chi connectivity index (χ3v) is 1.53. The maximum atomic E-state index is 7.92. The van der Waals surface area contributed by atoms with E-state index in [9.17, 15) is 0 Å². The molecule has 0 aromatic heterocycles. The molecule has 1 saturated heterocycles. The zero-order valence-electron chi connectivity index (χ0n) is 5.32. The van der Waals surface area contributed by atoms with Crippen molar-refractivity contribution >= 4 is 0 Å². The molecule has 0 aliphatic carbocycles. The molecule has 4 nitrogen and oxygen atoms in total. The fourth-order valence-corrected chi connectivity index (χ4v) is 0.774. The van der Waals surface area contributed by atoms with Crippen LogP contribution >= 0.6 is 0 Å². The second kappa shape index (κ2) is 2.71. The second-order valence-electron chi connectivity index (χ2n) is 2.26. The molecule has 1 aliphatic heterocycles. The van der Waals surface area contributed by atoms with E-state index in [0.717, 1.165) is 6.61 Å². The Kier molecular flexibility index (Phi) is 1.92. The highest BCUT2D eigenvalue weighted by molar-refractivity contribution is 4.76. The Balaban J connectivity index is 2.20. The average molecular weight is 127 g/mol. The minimum atomic E-state index is 0.181. The highest BCUT2D eigenvalue weighted by Gasteiger charge is 2.26. The summed E-state index contributed by atoms with van der Waals surface area (Å²) in [6.45, 7) is 3.38. The largest absolute Gasteiger partial charge is 0.377 e. The molecule has 2 unspecified atom stereocenters. The second-order valence-corrected chi connectivity index (χ2v) is 2.26. The summed E-state index contributed by atoms with van der Waals surface area (Å²) in [5.41, 5.74) is 7.92. The normalized spacial score (nSPS) is 32.6. The topological polar surface area (TPSA) is 58.0 Å². The maximum absolute atomic E-state index is 7.92. The Morgan fingerprint density at radius 2 is 2.67 bits per heavy atom. The van der Waals surface area contributed by atoms with Crippen molar-refractivity contribution in [1.82, 2.24) is 0 Å². The van der Waals surface area contributed by atoms with Gasteiger partial charge in [0.25, 0.3) is 0 Å². The SMILES string of the molecule is CC1COC1CN=[N+]=[N-]. The molecule has 0 aromatic rings. The van der Waals surface area contributed by atoms with Crippen molar-refractivity contribution in [2.45, 2.75) is 13.0 Å². The zero-order valence-corrected chi connectivity index (χ0v) is 5.32. The van der Waals surface area contributed by atoms with E-state index < -0.39 is 0 Å². The van der Waals surface area contributed by atoms with Gasteiger partial charge in [0.15, 0.2) is 0 Å². The van der Waals surface area contributed by atoms with E-state index in [1.165, 1.54) is 0 Å². The summed E-state index contributed by atoms with van der Waals surface area (Å²) in [6.07, 6.45) is 0.181. The molecule has 0 bridgehead atoms. The summed E-state index contributed by atoms with van der Waals surface area (Å²) in [6, 6.07) is 0. The van der Waals surface area contributed by atoms with Gasteiger partial charge in [-0.05, 0) is 5.53 Å². The smallest absolute Gasteiger partial charge is 0.0679 e. The number of hydrogen-bond acceptors (Lipinski definition) is 2. The molecule has 1 heterocycles. The number of rotatable bonds is 2. The molecule has 1 rings (SSSR count). The molecule has 1 aliphatic rings. The fraction of sp³-hybridized carbons (Fsp3) is 1.00.